The van der Waals surface area contributed by atoms with Crippen molar-refractivity contribution in [2.45, 2.75) is 99.6 Å². The van der Waals surface area contributed by atoms with Gasteiger partial charge < -0.3 is 80.3 Å². The minimum absolute atomic E-state index is 0.151. The smallest absolute Gasteiger partial charge is 0.217 e. The van der Waals surface area contributed by atoms with E-state index in [9.17, 15) is 60.3 Å². The molecule has 0 saturated carbocycles. The van der Waals surface area contributed by atoms with Gasteiger partial charge in [-0.2, -0.15) is 0 Å². The van der Waals surface area contributed by atoms with Crippen molar-refractivity contribution >= 4 is 18.1 Å². The largest absolute Gasteiger partial charge is 0.394 e. The number of carbonyl (C=O) groups is 3. The second-order valence-electron chi connectivity index (χ2n) is 9.44. The summed E-state index contributed by atoms with van der Waals surface area (Å²) >= 11 is 0. The van der Waals surface area contributed by atoms with E-state index in [1.165, 1.54) is 0 Å². The fourth-order valence-electron chi connectivity index (χ4n) is 4.36. The SMILES string of the molecule is CC(=O)N[C@H]1[C@H](O[C@H]([C@H](O[C@@H]2O[C@H](CO)[C@H](O)[C@H](O)[C@H]2O)[C@H](C=O)NC(C)=O)[C@H](O)CO)O[C@H](CO)[C@@H](O)[C@@H]1O. The lowest BCUT2D eigenvalue weighted by Crippen LogP contribution is -2.67. The van der Waals surface area contributed by atoms with E-state index >= 15 is 0 Å². The highest BCUT2D eigenvalue weighted by Gasteiger charge is 2.51. The van der Waals surface area contributed by atoms with Crippen LogP contribution in [0.15, 0.2) is 0 Å². The van der Waals surface area contributed by atoms with Gasteiger partial charge in [-0.1, -0.05) is 0 Å². The maximum Gasteiger partial charge on any atom is 0.217 e. The second-order valence-corrected chi connectivity index (χ2v) is 9.44. The molecule has 2 aliphatic rings. The molecule has 2 amide bonds. The van der Waals surface area contributed by atoms with Crippen LogP contribution in [0.1, 0.15) is 13.8 Å². The Morgan fingerprint density at radius 1 is 0.800 bits per heavy atom. The molecule has 0 spiro atoms. The number of ether oxygens (including phenoxy) is 4. The molecule has 0 aromatic carbocycles. The van der Waals surface area contributed by atoms with Gasteiger partial charge in [0.15, 0.2) is 12.6 Å². The third-order valence-corrected chi connectivity index (χ3v) is 6.44. The Kier molecular flexibility index (Phi) is 13.2. The fourth-order valence-corrected chi connectivity index (χ4v) is 4.36. The summed E-state index contributed by atoms with van der Waals surface area (Å²) in [4.78, 5) is 35.6. The van der Waals surface area contributed by atoms with Crippen molar-refractivity contribution in [1.82, 2.24) is 10.6 Å². The van der Waals surface area contributed by atoms with Crippen molar-refractivity contribution in [2.24, 2.45) is 0 Å². The van der Waals surface area contributed by atoms with Crippen molar-refractivity contribution in [1.29, 1.82) is 0 Å². The van der Waals surface area contributed by atoms with Crippen LogP contribution in [0.3, 0.4) is 0 Å². The normalized spacial score (nSPS) is 37.6. The van der Waals surface area contributed by atoms with Crippen LogP contribution >= 0.6 is 0 Å². The number of hydrogen-bond donors (Lipinski definition) is 11. The lowest BCUT2D eigenvalue weighted by atomic mass is 9.95. The Morgan fingerprint density at radius 3 is 1.80 bits per heavy atom. The lowest BCUT2D eigenvalue weighted by Gasteiger charge is -2.46. The molecule has 2 aliphatic heterocycles. The molecular formula is C22H38N2O16. The summed E-state index contributed by atoms with van der Waals surface area (Å²) in [6.45, 7) is -0.629. The molecule has 2 saturated heterocycles. The Morgan fingerprint density at radius 2 is 1.32 bits per heavy atom. The molecule has 0 radical (unpaired) electrons. The molecule has 2 rings (SSSR count). The molecule has 0 aromatic rings. The molecule has 14 atom stereocenters. The first-order chi connectivity index (χ1) is 18.8. The van der Waals surface area contributed by atoms with E-state index in [1.807, 2.05) is 0 Å². The van der Waals surface area contributed by atoms with Crippen molar-refractivity contribution in [2.75, 3.05) is 19.8 Å². The minimum atomic E-state index is -1.99. The summed E-state index contributed by atoms with van der Waals surface area (Å²) in [7, 11) is 0. The molecule has 11 N–H and O–H groups in total. The van der Waals surface area contributed by atoms with E-state index in [0.29, 0.717) is 0 Å². The molecule has 2 heterocycles. The Labute approximate surface area is 228 Å². The molecule has 18 heteroatoms. The highest BCUT2D eigenvalue weighted by Crippen LogP contribution is 2.29. The van der Waals surface area contributed by atoms with Crippen molar-refractivity contribution in [3.63, 3.8) is 0 Å². The zero-order valence-electron chi connectivity index (χ0n) is 21.7. The van der Waals surface area contributed by atoms with Gasteiger partial charge in [0.2, 0.25) is 11.8 Å². The predicted molar refractivity (Wildman–Crippen MR) is 126 cm³/mol. The molecule has 0 aromatic heterocycles. The van der Waals surface area contributed by atoms with Crippen LogP contribution < -0.4 is 10.6 Å². The van der Waals surface area contributed by atoms with Crippen LogP contribution in [0, 0.1) is 0 Å². The van der Waals surface area contributed by atoms with Gasteiger partial charge in [-0.15, -0.1) is 0 Å². The van der Waals surface area contributed by atoms with E-state index in [1.54, 1.807) is 0 Å². The van der Waals surface area contributed by atoms with Gasteiger partial charge in [-0.25, -0.2) is 0 Å². The number of amides is 2. The third-order valence-electron chi connectivity index (χ3n) is 6.44. The second kappa shape index (κ2) is 15.4. The molecule has 0 bridgehead atoms. The highest BCUT2D eigenvalue weighted by atomic mass is 16.7. The Bertz CT molecular complexity index is 835. The van der Waals surface area contributed by atoms with Crippen LogP contribution in [-0.4, -0.2) is 170 Å². The number of hydrogen-bond acceptors (Lipinski definition) is 16. The summed E-state index contributed by atoms with van der Waals surface area (Å²) < 4.78 is 22.2. The van der Waals surface area contributed by atoms with E-state index < -0.39 is 117 Å². The molecular weight excluding hydrogens is 548 g/mol. The average Bonchev–Trinajstić information content (AvgIpc) is 2.92. The molecule has 0 unspecified atom stereocenters. The van der Waals surface area contributed by atoms with E-state index in [-0.39, 0.29) is 6.29 Å². The topological polar surface area (TPSA) is 294 Å². The molecule has 2 fully saturated rings. The van der Waals surface area contributed by atoms with Crippen molar-refractivity contribution in [3.8, 4) is 0 Å². The van der Waals surface area contributed by atoms with Gasteiger partial charge in [0, 0.05) is 13.8 Å². The third kappa shape index (κ3) is 8.10. The summed E-state index contributed by atoms with van der Waals surface area (Å²) in [6, 6.07) is -3.24. The predicted octanol–water partition coefficient (Wildman–Crippen LogP) is -7.44. The number of carbonyl (C=O) groups excluding carboxylic acids is 3. The van der Waals surface area contributed by atoms with Gasteiger partial charge in [0.05, 0.1) is 19.8 Å². The number of aliphatic hydroxyl groups is 9. The van der Waals surface area contributed by atoms with E-state index in [2.05, 4.69) is 10.6 Å². The van der Waals surface area contributed by atoms with Gasteiger partial charge in [-0.3, -0.25) is 9.59 Å². The zero-order valence-corrected chi connectivity index (χ0v) is 21.7. The Balaban J connectivity index is 2.52. The number of aliphatic hydroxyl groups excluding tert-OH is 9. The number of nitrogens with one attached hydrogen (secondary N) is 2. The van der Waals surface area contributed by atoms with Crippen molar-refractivity contribution in [3.05, 3.63) is 0 Å². The van der Waals surface area contributed by atoms with E-state index in [4.69, 9.17) is 18.9 Å². The first-order valence-electron chi connectivity index (χ1n) is 12.3. The fraction of sp³-hybridized carbons (Fsp3) is 0.864. The maximum absolute atomic E-state index is 12.0. The summed E-state index contributed by atoms with van der Waals surface area (Å²) in [5.41, 5.74) is 0. The van der Waals surface area contributed by atoms with Crippen LogP contribution in [-0.2, 0) is 33.3 Å². The van der Waals surface area contributed by atoms with E-state index in [0.717, 1.165) is 13.8 Å². The minimum Gasteiger partial charge on any atom is -0.394 e. The molecule has 40 heavy (non-hydrogen) atoms. The lowest BCUT2D eigenvalue weighted by molar-refractivity contribution is -0.338. The monoisotopic (exact) mass is 586 g/mol. The quantitative estimate of drug-likeness (QED) is 0.0893. The maximum atomic E-state index is 12.0. The van der Waals surface area contributed by atoms with Gasteiger partial charge >= 0.3 is 0 Å². The summed E-state index contributed by atoms with van der Waals surface area (Å²) in [5, 5.41) is 95.4. The summed E-state index contributed by atoms with van der Waals surface area (Å²) in [6.07, 6.45) is -21.4. The molecule has 232 valence electrons. The first kappa shape index (κ1) is 34.3. The average molecular weight is 587 g/mol. The first-order valence-corrected chi connectivity index (χ1v) is 12.3. The van der Waals surface area contributed by atoms with Gasteiger partial charge in [0.25, 0.3) is 0 Å². The molecule has 0 aliphatic carbocycles. The van der Waals surface area contributed by atoms with Crippen LogP contribution in [0.2, 0.25) is 0 Å². The summed E-state index contributed by atoms with van der Waals surface area (Å²) in [5.74, 6) is -1.49. The number of rotatable bonds is 13. The van der Waals surface area contributed by atoms with Crippen LogP contribution in [0.25, 0.3) is 0 Å². The van der Waals surface area contributed by atoms with Crippen molar-refractivity contribution < 1.29 is 79.3 Å². The van der Waals surface area contributed by atoms with Crippen LogP contribution in [0.4, 0.5) is 0 Å². The van der Waals surface area contributed by atoms with Crippen LogP contribution in [0.5, 0.6) is 0 Å². The number of aldehydes is 1. The zero-order chi connectivity index (χ0) is 30.3. The van der Waals surface area contributed by atoms with Gasteiger partial charge in [0.1, 0.15) is 79.4 Å². The Hall–Kier alpha value is -1.91. The standard InChI is InChI=1S/C22H38N2O16/c1-7(29)23-9(3-25)19(39-22-18(36)17(35)15(33)12(6-28)38-22)20(10(31)4-26)40-21-13(24-8(2)30)16(34)14(32)11(5-27)37-21/h3,9-22,26-28,31-36H,4-6H2,1-2H3,(H,23,29)(H,24,30)/t9-,10+,11+,12+,13+,14+,15-,16+,17-,18+,19+,20-,21-,22-/m0/s1. The van der Waals surface area contributed by atoms with Gasteiger partial charge in [-0.05, 0) is 0 Å². The highest BCUT2D eigenvalue weighted by molar-refractivity contribution is 5.77. The molecule has 18 nitrogen and oxygen atoms in total.